The van der Waals surface area contributed by atoms with Crippen molar-refractivity contribution in [1.29, 1.82) is 0 Å². The van der Waals surface area contributed by atoms with E-state index < -0.39 is 6.10 Å². The first kappa shape index (κ1) is 14.5. The van der Waals surface area contributed by atoms with Gasteiger partial charge in [-0.1, -0.05) is 12.1 Å². The van der Waals surface area contributed by atoms with Gasteiger partial charge in [-0.25, -0.2) is 0 Å². The fourth-order valence-electron chi connectivity index (χ4n) is 2.32. The fraction of sp³-hybridized carbons (Fsp3) is 0.353. The van der Waals surface area contributed by atoms with E-state index in [1.54, 1.807) is 7.11 Å². The van der Waals surface area contributed by atoms with Crippen LogP contribution in [-0.2, 0) is 6.42 Å². The Morgan fingerprint density at radius 2 is 1.70 bits per heavy atom. The summed E-state index contributed by atoms with van der Waals surface area (Å²) >= 11 is 0. The molecule has 0 aliphatic carbocycles. The molecule has 1 heterocycles. The number of aromatic nitrogens is 1. The van der Waals surface area contributed by atoms with Gasteiger partial charge in [0.15, 0.2) is 0 Å². The number of aliphatic hydroxyl groups is 1. The van der Waals surface area contributed by atoms with E-state index in [0.29, 0.717) is 6.42 Å². The van der Waals surface area contributed by atoms with Crippen LogP contribution in [0.25, 0.3) is 0 Å². The number of rotatable bonds is 5. The van der Waals surface area contributed by atoms with Crippen molar-refractivity contribution in [2.45, 2.75) is 32.8 Å². The Bertz CT molecular complexity index is 543. The van der Waals surface area contributed by atoms with E-state index in [2.05, 4.69) is 4.98 Å². The molecule has 1 atom stereocenters. The maximum Gasteiger partial charge on any atom is 0.118 e. The highest BCUT2D eigenvalue weighted by Gasteiger charge is 2.09. The summed E-state index contributed by atoms with van der Waals surface area (Å²) in [5.41, 5.74) is 4.04. The second kappa shape index (κ2) is 6.53. The molecule has 0 saturated heterocycles. The molecule has 20 heavy (non-hydrogen) atoms. The summed E-state index contributed by atoms with van der Waals surface area (Å²) in [6.07, 6.45) is 1.10. The summed E-state index contributed by atoms with van der Waals surface area (Å²) < 4.78 is 5.13. The van der Waals surface area contributed by atoms with E-state index in [0.717, 1.165) is 29.1 Å². The molecule has 1 aromatic carbocycles. The molecule has 1 N–H and O–H groups in total. The van der Waals surface area contributed by atoms with E-state index in [-0.39, 0.29) is 0 Å². The standard InChI is InChI=1S/C17H21NO2/c1-12-10-15(11-13(2)18-12)17(19)9-6-14-4-7-16(20-3)8-5-14/h4-5,7-8,10-11,17,19H,6,9H2,1-3H3. The molecule has 0 aliphatic rings. The highest BCUT2D eigenvalue weighted by Crippen LogP contribution is 2.21. The number of benzene rings is 1. The highest BCUT2D eigenvalue weighted by atomic mass is 16.5. The van der Waals surface area contributed by atoms with Crippen LogP contribution in [0, 0.1) is 13.8 Å². The predicted octanol–water partition coefficient (Wildman–Crippen LogP) is 3.37. The van der Waals surface area contributed by atoms with Crippen molar-refractivity contribution in [3.05, 3.63) is 58.9 Å². The van der Waals surface area contributed by atoms with Crippen LogP contribution >= 0.6 is 0 Å². The van der Waals surface area contributed by atoms with Crippen molar-refractivity contribution < 1.29 is 9.84 Å². The molecule has 0 spiro atoms. The van der Waals surface area contributed by atoms with Crippen LogP contribution in [0.1, 0.15) is 35.0 Å². The second-order valence-corrected chi connectivity index (χ2v) is 5.09. The molecule has 0 fully saturated rings. The quantitative estimate of drug-likeness (QED) is 0.906. The molecule has 0 amide bonds. The van der Waals surface area contributed by atoms with Crippen molar-refractivity contribution in [3.8, 4) is 5.75 Å². The number of hydrogen-bond donors (Lipinski definition) is 1. The molecule has 0 radical (unpaired) electrons. The SMILES string of the molecule is COc1ccc(CCC(O)c2cc(C)nc(C)c2)cc1. The molecular formula is C17H21NO2. The molecule has 2 rings (SSSR count). The van der Waals surface area contributed by atoms with Gasteiger partial charge in [-0.3, -0.25) is 4.98 Å². The number of nitrogens with zero attached hydrogens (tertiary/aromatic N) is 1. The Balaban J connectivity index is 1.98. The summed E-state index contributed by atoms with van der Waals surface area (Å²) in [6, 6.07) is 11.9. The van der Waals surface area contributed by atoms with Gasteiger partial charge in [0.05, 0.1) is 13.2 Å². The molecule has 1 unspecified atom stereocenters. The van der Waals surface area contributed by atoms with Gasteiger partial charge in [0, 0.05) is 11.4 Å². The van der Waals surface area contributed by atoms with Crippen LogP contribution in [-0.4, -0.2) is 17.2 Å². The first-order valence-electron chi connectivity index (χ1n) is 6.84. The van der Waals surface area contributed by atoms with Gasteiger partial charge >= 0.3 is 0 Å². The smallest absolute Gasteiger partial charge is 0.118 e. The number of aliphatic hydroxyl groups excluding tert-OH is 1. The Morgan fingerprint density at radius 3 is 2.25 bits per heavy atom. The molecule has 0 saturated carbocycles. The average molecular weight is 271 g/mol. The minimum atomic E-state index is -0.447. The predicted molar refractivity (Wildman–Crippen MR) is 80.0 cm³/mol. The van der Waals surface area contributed by atoms with E-state index in [1.165, 1.54) is 5.56 Å². The summed E-state index contributed by atoms with van der Waals surface area (Å²) in [4.78, 5) is 4.33. The van der Waals surface area contributed by atoms with E-state index in [4.69, 9.17) is 4.74 Å². The third-order valence-corrected chi connectivity index (χ3v) is 3.35. The Kier molecular flexibility index (Phi) is 4.74. The summed E-state index contributed by atoms with van der Waals surface area (Å²) in [5.74, 6) is 0.856. The summed E-state index contributed by atoms with van der Waals surface area (Å²) in [7, 11) is 1.66. The summed E-state index contributed by atoms with van der Waals surface area (Å²) in [6.45, 7) is 3.90. The monoisotopic (exact) mass is 271 g/mol. The lowest BCUT2D eigenvalue weighted by Gasteiger charge is -2.12. The van der Waals surface area contributed by atoms with Crippen LogP contribution in [0.4, 0.5) is 0 Å². The minimum Gasteiger partial charge on any atom is -0.497 e. The Morgan fingerprint density at radius 1 is 1.10 bits per heavy atom. The van der Waals surface area contributed by atoms with Crippen LogP contribution in [0.2, 0.25) is 0 Å². The molecule has 3 nitrogen and oxygen atoms in total. The fourth-order valence-corrected chi connectivity index (χ4v) is 2.32. The van der Waals surface area contributed by atoms with Crippen LogP contribution in [0.5, 0.6) is 5.75 Å². The van der Waals surface area contributed by atoms with E-state index in [9.17, 15) is 5.11 Å². The largest absolute Gasteiger partial charge is 0.497 e. The third kappa shape index (κ3) is 3.81. The van der Waals surface area contributed by atoms with Gasteiger partial charge in [0.25, 0.3) is 0 Å². The van der Waals surface area contributed by atoms with Gasteiger partial charge in [-0.15, -0.1) is 0 Å². The highest BCUT2D eigenvalue weighted by molar-refractivity contribution is 5.28. The van der Waals surface area contributed by atoms with Crippen molar-refractivity contribution in [2.24, 2.45) is 0 Å². The molecule has 3 heteroatoms. The molecular weight excluding hydrogens is 250 g/mol. The van der Waals surface area contributed by atoms with E-state index >= 15 is 0 Å². The molecule has 2 aromatic rings. The van der Waals surface area contributed by atoms with Crippen molar-refractivity contribution in [2.75, 3.05) is 7.11 Å². The maximum atomic E-state index is 10.3. The van der Waals surface area contributed by atoms with Gasteiger partial charge in [0.1, 0.15) is 5.75 Å². The molecule has 106 valence electrons. The van der Waals surface area contributed by atoms with Gasteiger partial charge in [-0.2, -0.15) is 0 Å². The molecule has 1 aromatic heterocycles. The topological polar surface area (TPSA) is 42.4 Å². The van der Waals surface area contributed by atoms with Gasteiger partial charge < -0.3 is 9.84 Å². The van der Waals surface area contributed by atoms with Crippen molar-refractivity contribution in [1.82, 2.24) is 4.98 Å². The van der Waals surface area contributed by atoms with Crippen molar-refractivity contribution in [3.63, 3.8) is 0 Å². The number of hydrogen-bond acceptors (Lipinski definition) is 3. The zero-order valence-corrected chi connectivity index (χ0v) is 12.3. The van der Waals surface area contributed by atoms with Crippen LogP contribution in [0.3, 0.4) is 0 Å². The Hall–Kier alpha value is -1.87. The summed E-state index contributed by atoms with van der Waals surface area (Å²) in [5, 5.41) is 10.3. The zero-order valence-electron chi connectivity index (χ0n) is 12.3. The number of aryl methyl sites for hydroxylation is 3. The van der Waals surface area contributed by atoms with Crippen LogP contribution in [0.15, 0.2) is 36.4 Å². The van der Waals surface area contributed by atoms with E-state index in [1.807, 2.05) is 50.2 Å². The first-order valence-corrected chi connectivity index (χ1v) is 6.84. The lowest BCUT2D eigenvalue weighted by Crippen LogP contribution is -2.02. The third-order valence-electron chi connectivity index (χ3n) is 3.35. The molecule has 0 bridgehead atoms. The number of pyridine rings is 1. The second-order valence-electron chi connectivity index (χ2n) is 5.09. The normalized spacial score (nSPS) is 12.2. The van der Waals surface area contributed by atoms with Crippen LogP contribution < -0.4 is 4.74 Å². The lowest BCUT2D eigenvalue weighted by molar-refractivity contribution is 0.167. The van der Waals surface area contributed by atoms with Crippen molar-refractivity contribution >= 4 is 0 Å². The van der Waals surface area contributed by atoms with Gasteiger partial charge in [-0.05, 0) is 62.1 Å². The minimum absolute atomic E-state index is 0.447. The molecule has 0 aliphatic heterocycles. The first-order chi connectivity index (χ1) is 9.58. The number of ether oxygens (including phenoxy) is 1. The zero-order chi connectivity index (χ0) is 14.5. The lowest BCUT2D eigenvalue weighted by atomic mass is 10.0. The number of methoxy groups -OCH3 is 1. The Labute approximate surface area is 120 Å². The average Bonchev–Trinajstić information content (AvgIpc) is 2.44. The van der Waals surface area contributed by atoms with Gasteiger partial charge in [0.2, 0.25) is 0 Å². The maximum absolute atomic E-state index is 10.3.